The first-order chi connectivity index (χ1) is 11.3. The van der Waals surface area contributed by atoms with Crippen LogP contribution in [0.25, 0.3) is 0 Å². The van der Waals surface area contributed by atoms with Crippen LogP contribution in [0.4, 0.5) is 5.69 Å². The molecule has 0 saturated heterocycles. The van der Waals surface area contributed by atoms with Crippen LogP contribution in [-0.4, -0.2) is 25.3 Å². The zero-order valence-electron chi connectivity index (χ0n) is 12.9. The number of hydrogen-bond donors (Lipinski definition) is 0. The fraction of sp³-hybridized carbons (Fsp3) is 0.263. The minimum absolute atomic E-state index is 0.0158. The third-order valence-electron chi connectivity index (χ3n) is 3.94. The van der Waals surface area contributed by atoms with E-state index in [-0.39, 0.29) is 5.91 Å². The van der Waals surface area contributed by atoms with Gasteiger partial charge in [0.2, 0.25) is 0 Å². The van der Waals surface area contributed by atoms with Crippen molar-refractivity contribution >= 4 is 17.9 Å². The highest BCUT2D eigenvalue weighted by Crippen LogP contribution is 2.28. The van der Waals surface area contributed by atoms with Gasteiger partial charge in [-0.1, -0.05) is 24.3 Å². The minimum Gasteiger partial charge on any atom is -0.493 e. The predicted octanol–water partition coefficient (Wildman–Crippen LogP) is 3.25. The lowest BCUT2D eigenvalue weighted by Gasteiger charge is -2.29. The summed E-state index contributed by atoms with van der Waals surface area (Å²) in [4.78, 5) is 25.0. The van der Waals surface area contributed by atoms with E-state index in [4.69, 9.17) is 4.74 Å². The Morgan fingerprint density at radius 3 is 2.91 bits per heavy atom. The maximum Gasteiger partial charge on any atom is 0.258 e. The average molecular weight is 309 g/mol. The number of aryl methyl sites for hydroxylation is 1. The second kappa shape index (κ2) is 7.09. The second-order valence-corrected chi connectivity index (χ2v) is 5.52. The van der Waals surface area contributed by atoms with E-state index in [1.807, 2.05) is 23.1 Å². The molecule has 0 radical (unpaired) electrons. The molecular weight excluding hydrogens is 290 g/mol. The van der Waals surface area contributed by atoms with Crippen LogP contribution < -0.4 is 9.64 Å². The monoisotopic (exact) mass is 309 g/mol. The number of para-hydroxylation sites is 1. The van der Waals surface area contributed by atoms with Crippen molar-refractivity contribution in [2.24, 2.45) is 0 Å². The second-order valence-electron chi connectivity index (χ2n) is 5.52. The Morgan fingerprint density at radius 1 is 1.17 bits per heavy atom. The van der Waals surface area contributed by atoms with Gasteiger partial charge in [-0.15, -0.1) is 0 Å². The summed E-state index contributed by atoms with van der Waals surface area (Å²) in [5, 5.41) is 0. The summed E-state index contributed by atoms with van der Waals surface area (Å²) in [5.41, 5.74) is 2.81. The van der Waals surface area contributed by atoms with Gasteiger partial charge in [-0.3, -0.25) is 4.79 Å². The number of nitrogens with zero attached hydrogens (tertiary/aromatic N) is 1. The highest BCUT2D eigenvalue weighted by atomic mass is 16.5. The Hall–Kier alpha value is -2.62. The van der Waals surface area contributed by atoms with Gasteiger partial charge in [0.05, 0.1) is 6.61 Å². The molecule has 2 aromatic rings. The molecule has 118 valence electrons. The largest absolute Gasteiger partial charge is 0.493 e. The van der Waals surface area contributed by atoms with Crippen molar-refractivity contribution in [1.82, 2.24) is 0 Å². The molecule has 1 aliphatic heterocycles. The normalized spacial score (nSPS) is 13.3. The van der Waals surface area contributed by atoms with Gasteiger partial charge >= 0.3 is 0 Å². The molecule has 4 nitrogen and oxygen atoms in total. The summed E-state index contributed by atoms with van der Waals surface area (Å²) < 4.78 is 5.49. The van der Waals surface area contributed by atoms with E-state index >= 15 is 0 Å². The first-order valence-electron chi connectivity index (χ1n) is 7.86. The van der Waals surface area contributed by atoms with Gasteiger partial charge in [-0.2, -0.15) is 0 Å². The molecule has 1 heterocycles. The molecule has 4 heteroatoms. The van der Waals surface area contributed by atoms with Crippen LogP contribution in [-0.2, 0) is 11.2 Å². The molecule has 1 aliphatic rings. The van der Waals surface area contributed by atoms with Crippen LogP contribution in [0.5, 0.6) is 5.75 Å². The fourth-order valence-electron chi connectivity index (χ4n) is 2.84. The van der Waals surface area contributed by atoms with Gasteiger partial charge in [0, 0.05) is 24.2 Å². The summed E-state index contributed by atoms with van der Waals surface area (Å²) in [6.45, 7) is 1.06. The average Bonchev–Trinajstić information content (AvgIpc) is 2.61. The van der Waals surface area contributed by atoms with Crippen molar-refractivity contribution in [3.63, 3.8) is 0 Å². The molecule has 23 heavy (non-hydrogen) atoms. The van der Waals surface area contributed by atoms with Crippen molar-refractivity contribution < 1.29 is 14.3 Å². The molecular formula is C19H19NO3. The van der Waals surface area contributed by atoms with E-state index in [0.717, 1.165) is 31.4 Å². The number of carbonyl (C=O) groups is 2. The number of carbonyl (C=O) groups excluding carboxylic acids is 2. The molecule has 3 rings (SSSR count). The molecule has 0 N–H and O–H groups in total. The summed E-state index contributed by atoms with van der Waals surface area (Å²) in [6, 6.07) is 15.2. The molecule has 2 aromatic carbocycles. The Balaban J connectivity index is 1.81. The standard InChI is InChI=1S/C19H19NO3/c21-12-5-13-23-17-9-3-7-16(14-17)19(22)20-11-4-8-15-6-1-2-10-18(15)20/h1-3,6-7,9-10,12,14H,4-5,8,11,13H2. The zero-order chi connectivity index (χ0) is 16.1. The SMILES string of the molecule is O=CCCOc1cccc(C(=O)N2CCCc3ccccc32)c1. The van der Waals surface area contributed by atoms with Gasteiger partial charge in [0.15, 0.2) is 0 Å². The van der Waals surface area contributed by atoms with Crippen LogP contribution in [0.2, 0.25) is 0 Å². The van der Waals surface area contributed by atoms with Gasteiger partial charge in [-0.05, 0) is 42.7 Å². The third kappa shape index (κ3) is 3.42. The van der Waals surface area contributed by atoms with Crippen molar-refractivity contribution in [2.45, 2.75) is 19.3 Å². The highest BCUT2D eigenvalue weighted by molar-refractivity contribution is 6.07. The summed E-state index contributed by atoms with van der Waals surface area (Å²) in [6.07, 6.45) is 3.14. The van der Waals surface area contributed by atoms with Crippen molar-refractivity contribution in [1.29, 1.82) is 0 Å². The van der Waals surface area contributed by atoms with Crippen LogP contribution in [0, 0.1) is 0 Å². The molecule has 1 amide bonds. The lowest BCUT2D eigenvalue weighted by molar-refractivity contribution is -0.108. The Labute approximate surface area is 135 Å². The first-order valence-corrected chi connectivity index (χ1v) is 7.86. The highest BCUT2D eigenvalue weighted by Gasteiger charge is 2.23. The van der Waals surface area contributed by atoms with Crippen LogP contribution >= 0.6 is 0 Å². The van der Waals surface area contributed by atoms with E-state index in [1.165, 1.54) is 5.56 Å². The van der Waals surface area contributed by atoms with E-state index in [0.29, 0.717) is 24.3 Å². The Kier molecular flexibility index (Phi) is 4.71. The number of amides is 1. The smallest absolute Gasteiger partial charge is 0.258 e. The Morgan fingerprint density at radius 2 is 2.04 bits per heavy atom. The number of hydrogen-bond acceptors (Lipinski definition) is 3. The number of rotatable bonds is 5. The number of anilines is 1. The molecule has 0 bridgehead atoms. The van der Waals surface area contributed by atoms with E-state index in [9.17, 15) is 9.59 Å². The number of benzene rings is 2. The van der Waals surface area contributed by atoms with E-state index < -0.39 is 0 Å². The molecule has 0 fully saturated rings. The number of ether oxygens (including phenoxy) is 1. The number of aldehydes is 1. The molecule has 0 unspecified atom stereocenters. The van der Waals surface area contributed by atoms with Crippen molar-refractivity contribution in [3.8, 4) is 5.75 Å². The third-order valence-corrected chi connectivity index (χ3v) is 3.94. The fourth-order valence-corrected chi connectivity index (χ4v) is 2.84. The van der Waals surface area contributed by atoms with Crippen LogP contribution in [0.3, 0.4) is 0 Å². The zero-order valence-corrected chi connectivity index (χ0v) is 12.9. The lowest BCUT2D eigenvalue weighted by atomic mass is 10.0. The predicted molar refractivity (Wildman–Crippen MR) is 89.1 cm³/mol. The molecule has 0 saturated carbocycles. The topological polar surface area (TPSA) is 46.6 Å². The van der Waals surface area contributed by atoms with Crippen molar-refractivity contribution in [2.75, 3.05) is 18.1 Å². The number of fused-ring (bicyclic) bond motifs is 1. The van der Waals surface area contributed by atoms with Crippen molar-refractivity contribution in [3.05, 3.63) is 59.7 Å². The van der Waals surface area contributed by atoms with Gasteiger partial charge in [-0.25, -0.2) is 0 Å². The van der Waals surface area contributed by atoms with Crippen LogP contribution in [0.1, 0.15) is 28.8 Å². The molecule has 0 aromatic heterocycles. The maximum atomic E-state index is 12.9. The van der Waals surface area contributed by atoms with Gasteiger partial charge < -0.3 is 14.4 Å². The van der Waals surface area contributed by atoms with E-state index in [2.05, 4.69) is 6.07 Å². The first kappa shape index (κ1) is 15.3. The summed E-state index contributed by atoms with van der Waals surface area (Å²) >= 11 is 0. The minimum atomic E-state index is -0.0158. The summed E-state index contributed by atoms with van der Waals surface area (Å²) in [5.74, 6) is 0.598. The molecule has 0 spiro atoms. The Bertz CT molecular complexity index is 711. The summed E-state index contributed by atoms with van der Waals surface area (Å²) in [7, 11) is 0. The molecule has 0 aliphatic carbocycles. The van der Waals surface area contributed by atoms with E-state index in [1.54, 1.807) is 24.3 Å². The van der Waals surface area contributed by atoms with Crippen LogP contribution in [0.15, 0.2) is 48.5 Å². The van der Waals surface area contributed by atoms with Gasteiger partial charge in [0.25, 0.3) is 5.91 Å². The quantitative estimate of drug-likeness (QED) is 0.629. The molecule has 0 atom stereocenters. The van der Waals surface area contributed by atoms with Gasteiger partial charge in [0.1, 0.15) is 12.0 Å². The maximum absolute atomic E-state index is 12.9. The lowest BCUT2D eigenvalue weighted by Crippen LogP contribution is -2.35.